The molecule has 0 aliphatic carbocycles. The monoisotopic (exact) mass is 375 g/mol. The maximum absolute atomic E-state index is 12.4. The molecular formula is C17H21N5O3S. The van der Waals surface area contributed by atoms with Crippen LogP contribution in [0, 0.1) is 0 Å². The summed E-state index contributed by atoms with van der Waals surface area (Å²) in [7, 11) is 1.56. The number of hydrogen-bond donors (Lipinski definition) is 1. The van der Waals surface area contributed by atoms with Gasteiger partial charge >= 0.3 is 0 Å². The summed E-state index contributed by atoms with van der Waals surface area (Å²) < 4.78 is 12.6. The van der Waals surface area contributed by atoms with Gasteiger partial charge in [-0.2, -0.15) is 4.52 Å². The van der Waals surface area contributed by atoms with E-state index in [0.717, 1.165) is 12.8 Å². The zero-order valence-corrected chi connectivity index (χ0v) is 15.6. The van der Waals surface area contributed by atoms with Gasteiger partial charge in [-0.05, 0) is 24.6 Å². The van der Waals surface area contributed by atoms with Crippen LogP contribution in [0.1, 0.15) is 43.0 Å². The highest BCUT2D eigenvalue weighted by Crippen LogP contribution is 2.29. The summed E-state index contributed by atoms with van der Waals surface area (Å²) in [5, 5.41) is 15.0. The van der Waals surface area contributed by atoms with Crippen LogP contribution in [0.15, 0.2) is 24.5 Å². The Labute approximate surface area is 155 Å². The third-order valence-corrected chi connectivity index (χ3v) is 4.62. The zero-order chi connectivity index (χ0) is 18.4. The third-order valence-electron chi connectivity index (χ3n) is 3.79. The third kappa shape index (κ3) is 4.29. The van der Waals surface area contributed by atoms with Gasteiger partial charge in [-0.1, -0.05) is 37.5 Å². The molecule has 0 atom stereocenters. The second kappa shape index (κ2) is 8.61. The highest BCUT2D eigenvalue weighted by Gasteiger charge is 2.14. The summed E-state index contributed by atoms with van der Waals surface area (Å²) >= 11 is 1.25. The van der Waals surface area contributed by atoms with Gasteiger partial charge in [0.15, 0.2) is 11.5 Å². The highest BCUT2D eigenvalue weighted by molar-refractivity contribution is 7.20. The van der Waals surface area contributed by atoms with Gasteiger partial charge in [-0.15, -0.1) is 15.3 Å². The van der Waals surface area contributed by atoms with E-state index in [9.17, 15) is 4.79 Å². The van der Waals surface area contributed by atoms with Gasteiger partial charge < -0.3 is 9.47 Å². The first-order valence-electron chi connectivity index (χ1n) is 8.50. The number of aromatic nitrogens is 4. The number of nitrogens with zero attached hydrogens (tertiary/aromatic N) is 4. The fourth-order valence-electron chi connectivity index (χ4n) is 2.42. The minimum absolute atomic E-state index is 0.275. The fourth-order valence-corrected chi connectivity index (χ4v) is 3.13. The van der Waals surface area contributed by atoms with Crippen molar-refractivity contribution >= 4 is 27.3 Å². The lowest BCUT2D eigenvalue weighted by atomic mass is 10.2. The summed E-state index contributed by atoms with van der Waals surface area (Å²) in [5.74, 6) is 0.897. The average molecular weight is 375 g/mol. The van der Waals surface area contributed by atoms with Crippen molar-refractivity contribution in [3.63, 3.8) is 0 Å². The number of unbranched alkanes of at least 4 members (excludes halogenated alkanes) is 3. The van der Waals surface area contributed by atoms with Crippen molar-refractivity contribution in [1.82, 2.24) is 19.8 Å². The van der Waals surface area contributed by atoms with Crippen molar-refractivity contribution in [3.8, 4) is 11.5 Å². The average Bonchev–Trinajstić information content (AvgIpc) is 3.23. The standard InChI is InChI=1S/C17H21N5O3S/c1-3-4-5-6-9-25-13-8-7-12(10-14(13)24-2)15(23)19-16-21-22-11-18-20-17(22)26-16/h7-8,10-11H,3-6,9H2,1-2H3,(H,19,21,23). The molecule has 1 N–H and O–H groups in total. The lowest BCUT2D eigenvalue weighted by molar-refractivity contribution is 0.102. The van der Waals surface area contributed by atoms with E-state index in [-0.39, 0.29) is 5.91 Å². The normalized spacial score (nSPS) is 10.8. The van der Waals surface area contributed by atoms with Crippen LogP contribution < -0.4 is 14.8 Å². The van der Waals surface area contributed by atoms with Crippen molar-refractivity contribution < 1.29 is 14.3 Å². The molecule has 0 aliphatic heterocycles. The van der Waals surface area contributed by atoms with Gasteiger partial charge in [0.05, 0.1) is 13.7 Å². The Balaban J connectivity index is 1.63. The quantitative estimate of drug-likeness (QED) is 0.577. The van der Waals surface area contributed by atoms with Crippen molar-refractivity contribution in [2.75, 3.05) is 19.0 Å². The molecule has 2 heterocycles. The summed E-state index contributed by atoms with van der Waals surface area (Å²) in [6, 6.07) is 5.13. The highest BCUT2D eigenvalue weighted by atomic mass is 32.1. The van der Waals surface area contributed by atoms with Crippen LogP contribution in [-0.2, 0) is 0 Å². The summed E-state index contributed by atoms with van der Waals surface area (Å²) in [6.45, 7) is 2.81. The van der Waals surface area contributed by atoms with Crippen LogP contribution >= 0.6 is 11.3 Å². The molecular weight excluding hydrogens is 354 g/mol. The van der Waals surface area contributed by atoms with Gasteiger partial charge in [0.25, 0.3) is 5.91 Å². The number of methoxy groups -OCH3 is 1. The molecule has 138 valence electrons. The Morgan fingerprint density at radius 2 is 2.15 bits per heavy atom. The minimum Gasteiger partial charge on any atom is -0.493 e. The minimum atomic E-state index is -0.275. The molecule has 0 saturated heterocycles. The van der Waals surface area contributed by atoms with Crippen LogP contribution in [0.2, 0.25) is 0 Å². The van der Waals surface area contributed by atoms with Crippen LogP contribution in [-0.4, -0.2) is 39.4 Å². The smallest absolute Gasteiger partial charge is 0.257 e. The van der Waals surface area contributed by atoms with E-state index in [4.69, 9.17) is 9.47 Å². The van der Waals surface area contributed by atoms with Crippen molar-refractivity contribution in [2.45, 2.75) is 32.6 Å². The molecule has 8 nitrogen and oxygen atoms in total. The number of carbonyl (C=O) groups excluding carboxylic acids is 1. The first-order valence-corrected chi connectivity index (χ1v) is 9.32. The summed E-state index contributed by atoms with van der Waals surface area (Å²) in [5.41, 5.74) is 0.464. The van der Waals surface area contributed by atoms with Crippen LogP contribution in [0.25, 0.3) is 4.96 Å². The molecule has 26 heavy (non-hydrogen) atoms. The molecule has 0 spiro atoms. The van der Waals surface area contributed by atoms with Crippen LogP contribution in [0.4, 0.5) is 5.13 Å². The molecule has 0 saturated carbocycles. The topological polar surface area (TPSA) is 90.6 Å². The molecule has 1 aromatic carbocycles. The molecule has 9 heteroatoms. The zero-order valence-electron chi connectivity index (χ0n) is 14.8. The fraction of sp³-hybridized carbons (Fsp3) is 0.412. The number of fused-ring (bicyclic) bond motifs is 1. The Morgan fingerprint density at radius 3 is 2.92 bits per heavy atom. The van der Waals surface area contributed by atoms with E-state index in [1.165, 1.54) is 35.0 Å². The molecule has 0 unspecified atom stereocenters. The van der Waals surface area contributed by atoms with Crippen molar-refractivity contribution in [1.29, 1.82) is 0 Å². The Morgan fingerprint density at radius 1 is 1.27 bits per heavy atom. The van der Waals surface area contributed by atoms with Gasteiger partial charge in [0.2, 0.25) is 10.1 Å². The summed E-state index contributed by atoms with van der Waals surface area (Å²) in [6.07, 6.45) is 6.02. The molecule has 3 aromatic rings. The largest absolute Gasteiger partial charge is 0.493 e. The SMILES string of the molecule is CCCCCCOc1ccc(C(=O)Nc2nn3cnnc3s2)cc1OC. The number of nitrogens with one attached hydrogen (secondary N) is 1. The van der Waals surface area contributed by atoms with Gasteiger partial charge in [0.1, 0.15) is 6.33 Å². The first-order chi connectivity index (χ1) is 12.7. The molecule has 3 rings (SSSR count). The molecule has 2 aromatic heterocycles. The second-order valence-electron chi connectivity index (χ2n) is 5.69. The Hall–Kier alpha value is -2.68. The number of carbonyl (C=O) groups is 1. The summed E-state index contributed by atoms with van der Waals surface area (Å²) in [4.78, 5) is 13.1. The Kier molecular flexibility index (Phi) is 6.00. The lowest BCUT2D eigenvalue weighted by Gasteiger charge is -2.12. The van der Waals surface area contributed by atoms with Gasteiger partial charge in [-0.3, -0.25) is 10.1 Å². The van der Waals surface area contributed by atoms with Crippen molar-refractivity contribution in [2.24, 2.45) is 0 Å². The molecule has 0 radical (unpaired) electrons. The molecule has 0 fully saturated rings. The number of anilines is 1. The van der Waals surface area contributed by atoms with E-state index in [1.807, 2.05) is 0 Å². The van der Waals surface area contributed by atoms with Gasteiger partial charge in [0, 0.05) is 5.56 Å². The predicted octanol–water partition coefficient (Wildman–Crippen LogP) is 3.41. The number of benzene rings is 1. The van der Waals surface area contributed by atoms with Gasteiger partial charge in [-0.25, -0.2) is 0 Å². The maximum atomic E-state index is 12.4. The van der Waals surface area contributed by atoms with E-state index in [2.05, 4.69) is 27.5 Å². The maximum Gasteiger partial charge on any atom is 0.257 e. The molecule has 1 amide bonds. The van der Waals surface area contributed by atoms with Crippen molar-refractivity contribution in [3.05, 3.63) is 30.1 Å². The first kappa shape index (κ1) is 18.1. The second-order valence-corrected chi connectivity index (χ2v) is 6.65. The van der Waals surface area contributed by atoms with E-state index in [1.54, 1.807) is 25.3 Å². The molecule has 0 bridgehead atoms. The van der Waals surface area contributed by atoms with E-state index >= 15 is 0 Å². The number of amides is 1. The van der Waals surface area contributed by atoms with Crippen LogP contribution in [0.5, 0.6) is 11.5 Å². The van der Waals surface area contributed by atoms with E-state index < -0.39 is 0 Å². The number of hydrogen-bond acceptors (Lipinski definition) is 7. The predicted molar refractivity (Wildman–Crippen MR) is 99.2 cm³/mol. The Bertz CT molecular complexity index is 848. The van der Waals surface area contributed by atoms with Crippen LogP contribution in [0.3, 0.4) is 0 Å². The number of ether oxygens (including phenoxy) is 2. The molecule has 0 aliphatic rings. The lowest BCUT2D eigenvalue weighted by Crippen LogP contribution is -2.12. The van der Waals surface area contributed by atoms with E-state index in [0.29, 0.717) is 33.8 Å². The number of rotatable bonds is 9.